The lowest BCUT2D eigenvalue weighted by atomic mass is 9.99. The number of aliphatic hydroxyl groups excluding tert-OH is 1. The number of hydrogen-bond acceptors (Lipinski definition) is 16. The number of nitrogens with zero attached hydrogens (tertiary/aromatic N) is 7. The van der Waals surface area contributed by atoms with Gasteiger partial charge in [0.2, 0.25) is 5.96 Å². The second kappa shape index (κ2) is 11.7. The smallest absolute Gasteiger partial charge is 0.328 e. The van der Waals surface area contributed by atoms with E-state index in [0.29, 0.717) is 0 Å². The van der Waals surface area contributed by atoms with Crippen LogP contribution in [0.5, 0.6) is 0 Å². The summed E-state index contributed by atoms with van der Waals surface area (Å²) in [6, 6.07) is -1.11. The Bertz CT molecular complexity index is 1750. The Morgan fingerprint density at radius 3 is 2.74 bits per heavy atom. The van der Waals surface area contributed by atoms with Crippen molar-refractivity contribution in [3.8, 4) is 0 Å². The summed E-state index contributed by atoms with van der Waals surface area (Å²) in [4.78, 5) is 55.9. The molecule has 1 amide bonds. The van der Waals surface area contributed by atoms with Gasteiger partial charge < -0.3 is 39.1 Å². The van der Waals surface area contributed by atoms with E-state index in [1.165, 1.54) is 28.5 Å². The maximum Gasteiger partial charge on any atom is 0.328 e. The number of imidazole rings is 1. The average Bonchev–Trinajstić information content (AvgIpc) is 3.75. The lowest BCUT2D eigenvalue weighted by molar-refractivity contribution is -0.119. The molecule has 0 spiro atoms. The van der Waals surface area contributed by atoms with Gasteiger partial charge in [-0.15, -0.1) is 0 Å². The van der Waals surface area contributed by atoms with Gasteiger partial charge in [0, 0.05) is 5.92 Å². The molecule has 2 aromatic heterocycles. The first-order valence-corrected chi connectivity index (χ1v) is 18.2. The number of hydrogen-bond donors (Lipinski definition) is 6. The number of nitrogen functional groups attached to an aromatic ring is 1. The highest BCUT2D eigenvalue weighted by Crippen LogP contribution is 2.54. The number of rotatable bonds is 3. The molecule has 46 heavy (non-hydrogen) atoms. The molecule has 2 bridgehead atoms. The summed E-state index contributed by atoms with van der Waals surface area (Å²) in [6.07, 6.45) is -7.19. The molecule has 2 aromatic rings. The van der Waals surface area contributed by atoms with E-state index in [9.17, 15) is 24.3 Å². The van der Waals surface area contributed by atoms with Crippen LogP contribution in [0.2, 0.25) is 0 Å². The van der Waals surface area contributed by atoms with E-state index < -0.39 is 101 Å². The molecule has 5 aliphatic rings. The van der Waals surface area contributed by atoms with Crippen LogP contribution in [0.1, 0.15) is 12.6 Å². The van der Waals surface area contributed by atoms with Crippen LogP contribution in [0.3, 0.4) is 0 Å². The van der Waals surface area contributed by atoms with Crippen molar-refractivity contribution in [2.24, 2.45) is 15.9 Å². The maximum absolute atomic E-state index is 16.1. The molecule has 24 heteroatoms. The number of guanidine groups is 1. The quantitative estimate of drug-likeness (QED) is 0.204. The van der Waals surface area contributed by atoms with Crippen LogP contribution in [0.4, 0.5) is 10.2 Å². The average molecular weight is 705 g/mol. The van der Waals surface area contributed by atoms with Crippen molar-refractivity contribution in [2.45, 2.75) is 55.5 Å². The first-order valence-electron chi connectivity index (χ1n) is 13.8. The van der Waals surface area contributed by atoms with Gasteiger partial charge in [-0.05, 0) is 18.2 Å². The number of fused-ring (bicyclic) bond motifs is 5. The topological polar surface area (TPSA) is 274 Å². The lowest BCUT2D eigenvalue weighted by Crippen LogP contribution is -2.53. The summed E-state index contributed by atoms with van der Waals surface area (Å²) in [5.41, 5.74) is 6.21. The Kier molecular flexibility index (Phi) is 8.04. The summed E-state index contributed by atoms with van der Waals surface area (Å²) in [6.45, 7) is -5.38. The number of aromatic nitrogens is 4. The highest BCUT2D eigenvalue weighted by atomic mass is 32.5. The highest BCUT2D eigenvalue weighted by Gasteiger charge is 2.55. The highest BCUT2D eigenvalue weighted by molar-refractivity contribution is 8.07. The van der Waals surface area contributed by atoms with Crippen molar-refractivity contribution in [3.05, 3.63) is 12.7 Å². The maximum atomic E-state index is 16.1. The number of aliphatic hydroxyl groups is 1. The van der Waals surface area contributed by atoms with Crippen LogP contribution in [0.15, 0.2) is 22.6 Å². The van der Waals surface area contributed by atoms with Gasteiger partial charge >= 0.3 is 14.3 Å². The largest absolute Gasteiger partial charge is 0.396 e. The Labute approximate surface area is 263 Å². The van der Waals surface area contributed by atoms with Gasteiger partial charge in [0.05, 0.1) is 44.2 Å². The van der Waals surface area contributed by atoms with Crippen molar-refractivity contribution in [1.29, 1.82) is 5.41 Å². The molecule has 0 aliphatic carbocycles. The van der Waals surface area contributed by atoms with Gasteiger partial charge in [-0.25, -0.2) is 19.3 Å². The molecule has 11 unspecified atom stereocenters. The van der Waals surface area contributed by atoms with E-state index >= 15 is 4.39 Å². The van der Waals surface area contributed by atoms with Crippen LogP contribution >= 0.6 is 14.3 Å². The molecule has 3 fully saturated rings. The third-order valence-corrected chi connectivity index (χ3v) is 11.1. The van der Waals surface area contributed by atoms with Crippen molar-refractivity contribution in [1.82, 2.24) is 29.7 Å². The first kappa shape index (κ1) is 31.7. The molecule has 11 atom stereocenters. The first-order chi connectivity index (χ1) is 21.9. The Balaban J connectivity index is 1.19. The van der Waals surface area contributed by atoms with Gasteiger partial charge in [-0.2, -0.15) is 4.99 Å². The number of nitrogens with one attached hydrogen (secondary N) is 2. The second-order valence-electron chi connectivity index (χ2n) is 10.9. The van der Waals surface area contributed by atoms with E-state index in [1.54, 1.807) is 0 Å². The van der Waals surface area contributed by atoms with Crippen LogP contribution in [0, 0.1) is 11.3 Å². The molecule has 0 saturated carbocycles. The number of aliphatic imine (C=N–C) groups is 2. The third kappa shape index (κ3) is 5.56. The van der Waals surface area contributed by atoms with E-state index in [1.807, 2.05) is 0 Å². The minimum absolute atomic E-state index is 0.00335. The van der Waals surface area contributed by atoms with Crippen LogP contribution in [0.25, 0.3) is 11.2 Å². The van der Waals surface area contributed by atoms with E-state index in [0.717, 1.165) is 0 Å². The third-order valence-electron chi connectivity index (χ3n) is 8.11. The number of alkyl halides is 1. The summed E-state index contributed by atoms with van der Waals surface area (Å²) < 4.78 is 59.9. The summed E-state index contributed by atoms with van der Waals surface area (Å²) in [7, 11) is -4.57. The van der Waals surface area contributed by atoms with Gasteiger partial charge in [-0.3, -0.25) is 39.1 Å². The number of anilines is 1. The number of amidine groups is 1. The zero-order chi connectivity index (χ0) is 32.5. The van der Waals surface area contributed by atoms with E-state index in [-0.39, 0.29) is 29.2 Å². The Morgan fingerprint density at radius 2 is 1.96 bits per heavy atom. The van der Waals surface area contributed by atoms with Gasteiger partial charge in [0.15, 0.2) is 42.0 Å². The summed E-state index contributed by atoms with van der Waals surface area (Å²) in [5.74, 6) is -2.05. The van der Waals surface area contributed by atoms with Gasteiger partial charge in [-0.1, -0.05) is 0 Å². The van der Waals surface area contributed by atoms with Crippen LogP contribution in [-0.2, 0) is 44.2 Å². The van der Waals surface area contributed by atoms with Gasteiger partial charge in [0.25, 0.3) is 5.91 Å². The number of nitrogens with two attached hydrogens (primary N) is 1. The number of ether oxygens (including phenoxy) is 2. The molecule has 7 heterocycles. The summed E-state index contributed by atoms with van der Waals surface area (Å²) in [5, 5.41) is 20.4. The second-order valence-corrected chi connectivity index (χ2v) is 15.7. The van der Waals surface area contributed by atoms with Crippen molar-refractivity contribution in [2.75, 3.05) is 25.1 Å². The monoisotopic (exact) mass is 704 g/mol. The van der Waals surface area contributed by atoms with E-state index in [4.69, 9.17) is 46.0 Å². The molecule has 5 aliphatic heterocycles. The minimum atomic E-state index is -4.57. The Morgan fingerprint density at radius 1 is 1.17 bits per heavy atom. The van der Waals surface area contributed by atoms with Crippen molar-refractivity contribution >= 4 is 67.1 Å². The zero-order valence-corrected chi connectivity index (χ0v) is 25.9. The molecule has 248 valence electrons. The number of carbonyl (C=O) groups is 1. The van der Waals surface area contributed by atoms with Gasteiger partial charge in [0.1, 0.15) is 24.1 Å². The molecule has 7 rings (SSSR count). The number of halogens is 1. The van der Waals surface area contributed by atoms with E-state index in [2.05, 4.69) is 30.3 Å². The summed E-state index contributed by atoms with van der Waals surface area (Å²) >= 11 is 5.21. The molecular formula is C22H27FN10O10P2S. The standard InChI is InChI=1S/C22H27FN10O10P2S/c23-11-15-9(40-20(11)32-6-28-12-16(24)26-5-27-17(12)32)1-2-44(36,37)42-14-8(3-34)10(4-39-45(38,46)43-15)41-21(14)33-7-29-13-18(33)30-22(25)31-19(13)35/h5-11,13-15,20-21,34H,1-4H2,(H,36,37)(H,38,46)(H2,24,26,27)(H2,25,31,35). The molecule has 7 N–H and O–H groups in total. The molecule has 0 aromatic carbocycles. The fourth-order valence-electron chi connectivity index (χ4n) is 5.97. The fraction of sp³-hybridized carbons (Fsp3) is 0.591. The molecule has 3 saturated heterocycles. The molecule has 20 nitrogen and oxygen atoms in total. The molecule has 0 radical (unpaired) electrons. The number of amides is 1. The SMILES string of the molecule is N=C1N=C2C(N=CN2C2OC3COP(O)(=S)OC4C(CCP(=O)(O)OC2C3CO)OC(n2cnc3c(N)ncnc32)C4F)C(=O)N1. The predicted molar refractivity (Wildman–Crippen MR) is 157 cm³/mol. The Hall–Kier alpha value is -2.88. The van der Waals surface area contributed by atoms with Crippen LogP contribution < -0.4 is 11.1 Å². The van der Waals surface area contributed by atoms with Crippen LogP contribution in [-0.4, -0.2) is 126 Å². The van der Waals surface area contributed by atoms with Crippen molar-refractivity contribution in [3.63, 3.8) is 0 Å². The zero-order valence-electron chi connectivity index (χ0n) is 23.3. The molecular weight excluding hydrogens is 677 g/mol. The predicted octanol–water partition coefficient (Wildman–Crippen LogP) is -1.25. The normalized spacial score (nSPS) is 41.3. The number of carbonyl (C=O) groups excluding carboxylic acids is 1. The van der Waals surface area contributed by atoms with Crippen molar-refractivity contribution < 1.29 is 51.7 Å². The lowest BCUT2D eigenvalue weighted by Gasteiger charge is -2.32. The fourth-order valence-corrected chi connectivity index (χ4v) is 8.73. The minimum Gasteiger partial charge on any atom is -0.396 e.